The number of urea groups is 1. The first-order chi connectivity index (χ1) is 21.6. The monoisotopic (exact) mass is 637 g/mol. The Morgan fingerprint density at radius 1 is 1.00 bits per heavy atom. The van der Waals surface area contributed by atoms with Crippen LogP contribution in [0.1, 0.15) is 36.2 Å². The van der Waals surface area contributed by atoms with Gasteiger partial charge in [-0.15, -0.1) is 0 Å². The van der Waals surface area contributed by atoms with E-state index in [-0.39, 0.29) is 28.4 Å². The van der Waals surface area contributed by atoms with Crippen molar-refractivity contribution in [3.63, 3.8) is 0 Å². The van der Waals surface area contributed by atoms with Gasteiger partial charge in [0.1, 0.15) is 22.9 Å². The molecule has 5 aromatic rings. The number of aromatic hydroxyl groups is 1. The highest BCUT2D eigenvalue weighted by Crippen LogP contribution is 2.35. The third-order valence-corrected chi connectivity index (χ3v) is 9.68. The molecule has 0 aliphatic rings. The van der Waals surface area contributed by atoms with Gasteiger partial charge >= 0.3 is 6.03 Å². The molecule has 3 aromatic carbocycles. The number of aromatic nitrogens is 3. The van der Waals surface area contributed by atoms with Gasteiger partial charge in [-0.2, -0.15) is 16.9 Å². The molecule has 5 N–H and O–H groups in total. The number of benzene rings is 3. The van der Waals surface area contributed by atoms with Gasteiger partial charge < -0.3 is 10.4 Å². The molecule has 0 aliphatic carbocycles. The molecule has 45 heavy (non-hydrogen) atoms. The standard InChI is InChI=1S/C34H35N7O2S2/c1-22-10-5-7-14-27(22)32(36)40-21-26(16-17-30(40)35)45-28-15-8-6-11-23(28)20-37-33(43)38-31-19-29(34(2,3)44-4)39-41(31)24-12-9-13-25(42)18-24/h5-19,21,35-36,42H,20H2,1-4H3,(H2,37,38,43). The second-order valence-corrected chi connectivity index (χ2v) is 13.4. The Balaban J connectivity index is 1.33. The number of phenols is 1. The van der Waals surface area contributed by atoms with Crippen molar-refractivity contribution in [2.75, 3.05) is 11.6 Å². The van der Waals surface area contributed by atoms with E-state index in [1.807, 2.05) is 79.9 Å². The molecule has 0 fully saturated rings. The van der Waals surface area contributed by atoms with Gasteiger partial charge in [0.25, 0.3) is 0 Å². The largest absolute Gasteiger partial charge is 0.508 e. The van der Waals surface area contributed by atoms with E-state index in [0.29, 0.717) is 11.5 Å². The normalized spacial score (nSPS) is 11.3. The van der Waals surface area contributed by atoms with Crippen LogP contribution in [0, 0.1) is 17.7 Å². The predicted octanol–water partition coefficient (Wildman–Crippen LogP) is 7.11. The van der Waals surface area contributed by atoms with Crippen molar-refractivity contribution in [2.24, 2.45) is 0 Å². The van der Waals surface area contributed by atoms with Crippen molar-refractivity contribution >= 4 is 41.2 Å². The number of pyridine rings is 1. The quantitative estimate of drug-likeness (QED) is 0.0868. The van der Waals surface area contributed by atoms with E-state index in [0.717, 1.165) is 32.2 Å². The molecule has 0 saturated carbocycles. The molecule has 0 bridgehead atoms. The molecular formula is C34H35N7O2S2. The SMILES string of the molecule is CSC(C)(C)c1cc(NC(=O)NCc2ccccc2Sc2ccc(=N)n(C(=N)c3ccccc3C)c2)n(-c2cccc(O)c2)n1. The molecule has 230 valence electrons. The third-order valence-electron chi connectivity index (χ3n) is 7.35. The summed E-state index contributed by atoms with van der Waals surface area (Å²) in [7, 11) is 0. The van der Waals surface area contributed by atoms with E-state index < -0.39 is 6.03 Å². The van der Waals surface area contributed by atoms with Gasteiger partial charge in [0.05, 0.1) is 16.1 Å². The molecule has 0 unspecified atom stereocenters. The number of nitrogens with one attached hydrogen (secondary N) is 4. The Morgan fingerprint density at radius 2 is 1.76 bits per heavy atom. The summed E-state index contributed by atoms with van der Waals surface area (Å²) in [5.41, 5.74) is 4.29. The number of nitrogens with zero attached hydrogens (tertiary/aromatic N) is 3. The minimum atomic E-state index is -0.396. The molecule has 0 spiro atoms. The van der Waals surface area contributed by atoms with Gasteiger partial charge in [0.15, 0.2) is 0 Å². The van der Waals surface area contributed by atoms with Crippen LogP contribution in [-0.4, -0.2) is 37.6 Å². The average Bonchev–Trinajstić information content (AvgIpc) is 3.46. The van der Waals surface area contributed by atoms with Gasteiger partial charge in [0, 0.05) is 40.2 Å². The maximum Gasteiger partial charge on any atom is 0.320 e. The molecule has 2 heterocycles. The Morgan fingerprint density at radius 3 is 2.51 bits per heavy atom. The molecule has 0 radical (unpaired) electrons. The maximum absolute atomic E-state index is 13.2. The molecule has 2 aromatic heterocycles. The van der Waals surface area contributed by atoms with Gasteiger partial charge in [-0.1, -0.05) is 60.3 Å². The number of carbonyl (C=O) groups is 1. The Labute approximate surface area is 270 Å². The summed E-state index contributed by atoms with van der Waals surface area (Å²) in [6, 6.07) is 27.2. The molecule has 0 atom stereocenters. The zero-order chi connectivity index (χ0) is 32.1. The average molecular weight is 638 g/mol. The lowest BCUT2D eigenvalue weighted by molar-refractivity contribution is 0.251. The summed E-state index contributed by atoms with van der Waals surface area (Å²) in [5.74, 6) is 0.823. The summed E-state index contributed by atoms with van der Waals surface area (Å²) in [6.45, 7) is 6.36. The number of rotatable bonds is 9. The Bertz CT molecular complexity index is 1930. The van der Waals surface area contributed by atoms with Crippen LogP contribution in [0.2, 0.25) is 0 Å². The number of phenolic OH excluding ortho intramolecular Hbond substituents is 1. The number of hydrogen-bond acceptors (Lipinski definition) is 7. The Hall–Kier alpha value is -4.74. The van der Waals surface area contributed by atoms with Crippen LogP contribution < -0.4 is 16.1 Å². The van der Waals surface area contributed by atoms with Crippen LogP contribution in [0.5, 0.6) is 5.75 Å². The van der Waals surface area contributed by atoms with Crippen molar-refractivity contribution in [2.45, 2.75) is 41.9 Å². The van der Waals surface area contributed by atoms with Crippen molar-refractivity contribution in [3.05, 3.63) is 125 Å². The maximum atomic E-state index is 13.2. The number of aryl methyl sites for hydroxylation is 1. The van der Waals surface area contributed by atoms with Crippen LogP contribution in [-0.2, 0) is 11.3 Å². The highest BCUT2D eigenvalue weighted by atomic mass is 32.2. The third kappa shape index (κ3) is 7.33. The molecule has 5 rings (SSSR count). The van der Waals surface area contributed by atoms with E-state index in [4.69, 9.17) is 15.9 Å². The van der Waals surface area contributed by atoms with Crippen molar-refractivity contribution in [3.8, 4) is 11.4 Å². The fourth-order valence-electron chi connectivity index (χ4n) is 4.60. The highest BCUT2D eigenvalue weighted by Gasteiger charge is 2.25. The lowest BCUT2D eigenvalue weighted by Gasteiger charge is -2.18. The van der Waals surface area contributed by atoms with Gasteiger partial charge in [-0.3, -0.25) is 20.7 Å². The summed E-state index contributed by atoms with van der Waals surface area (Å²) in [5, 5.41) is 37.9. The second-order valence-electron chi connectivity index (χ2n) is 10.9. The van der Waals surface area contributed by atoms with E-state index in [9.17, 15) is 9.90 Å². The number of hydrogen-bond donors (Lipinski definition) is 5. The van der Waals surface area contributed by atoms with Gasteiger partial charge in [-0.25, -0.2) is 9.48 Å². The van der Waals surface area contributed by atoms with E-state index in [1.54, 1.807) is 51.5 Å². The van der Waals surface area contributed by atoms with Crippen LogP contribution in [0.25, 0.3) is 5.69 Å². The van der Waals surface area contributed by atoms with Crippen LogP contribution in [0.3, 0.4) is 0 Å². The van der Waals surface area contributed by atoms with Gasteiger partial charge in [-0.05, 0) is 68.5 Å². The fraction of sp³-hybridized carbons (Fsp3) is 0.176. The minimum absolute atomic E-state index is 0.105. The molecule has 9 nitrogen and oxygen atoms in total. The van der Waals surface area contributed by atoms with E-state index in [1.165, 1.54) is 11.8 Å². The smallest absolute Gasteiger partial charge is 0.320 e. The summed E-state index contributed by atoms with van der Waals surface area (Å²) in [6.07, 6.45) is 3.81. The first kappa shape index (κ1) is 31.7. The van der Waals surface area contributed by atoms with Crippen molar-refractivity contribution in [1.29, 1.82) is 10.8 Å². The zero-order valence-corrected chi connectivity index (χ0v) is 27.1. The molecule has 0 aliphatic heterocycles. The van der Waals surface area contributed by atoms with E-state index in [2.05, 4.69) is 24.5 Å². The zero-order valence-electron chi connectivity index (χ0n) is 25.5. The van der Waals surface area contributed by atoms with Crippen molar-refractivity contribution in [1.82, 2.24) is 19.7 Å². The lowest BCUT2D eigenvalue weighted by Crippen LogP contribution is -2.29. The topological polar surface area (TPSA) is 132 Å². The number of thioether (sulfide) groups is 1. The molecule has 0 saturated heterocycles. The summed E-state index contributed by atoms with van der Waals surface area (Å²) in [4.78, 5) is 15.0. The fourth-order valence-corrected chi connectivity index (χ4v) is 5.87. The number of anilines is 1. The second kappa shape index (κ2) is 13.5. The van der Waals surface area contributed by atoms with Crippen LogP contribution >= 0.6 is 23.5 Å². The lowest BCUT2D eigenvalue weighted by atomic mass is 10.1. The Kier molecular flexibility index (Phi) is 9.50. The first-order valence-corrected chi connectivity index (χ1v) is 16.3. The molecule has 2 amide bonds. The minimum Gasteiger partial charge on any atom is -0.508 e. The highest BCUT2D eigenvalue weighted by molar-refractivity contribution is 7.99. The summed E-state index contributed by atoms with van der Waals surface area (Å²) < 4.78 is 2.90. The molecular weight excluding hydrogens is 603 g/mol. The van der Waals surface area contributed by atoms with Gasteiger partial charge in [0.2, 0.25) is 0 Å². The summed E-state index contributed by atoms with van der Waals surface area (Å²) >= 11 is 3.16. The van der Waals surface area contributed by atoms with Crippen LogP contribution in [0.4, 0.5) is 10.6 Å². The number of amides is 2. The number of carbonyl (C=O) groups excluding carboxylic acids is 1. The van der Waals surface area contributed by atoms with Crippen LogP contribution in [0.15, 0.2) is 107 Å². The van der Waals surface area contributed by atoms with Crippen molar-refractivity contribution < 1.29 is 9.90 Å². The van der Waals surface area contributed by atoms with E-state index >= 15 is 0 Å². The first-order valence-electron chi connectivity index (χ1n) is 14.2. The molecule has 11 heteroatoms. The predicted molar refractivity (Wildman–Crippen MR) is 182 cm³/mol.